The molecule has 0 saturated carbocycles. The lowest BCUT2D eigenvalue weighted by Crippen LogP contribution is -2.07. The van der Waals surface area contributed by atoms with Gasteiger partial charge >= 0.3 is 0 Å². The minimum Gasteiger partial charge on any atom is -0.494 e. The highest BCUT2D eigenvalue weighted by molar-refractivity contribution is 7.97. The Balaban J connectivity index is 1.97. The molecule has 3 aromatic carbocycles. The van der Waals surface area contributed by atoms with E-state index in [1.54, 1.807) is 0 Å². The summed E-state index contributed by atoms with van der Waals surface area (Å²) in [5.74, 6) is 0.972. The molecule has 0 aliphatic carbocycles. The normalized spacial score (nSPS) is 10.8. The van der Waals surface area contributed by atoms with E-state index in [0.717, 1.165) is 25.2 Å². The molecule has 3 aromatic rings. The van der Waals surface area contributed by atoms with Crippen molar-refractivity contribution in [2.24, 2.45) is 0 Å². The van der Waals surface area contributed by atoms with Crippen LogP contribution in [0.4, 0.5) is 0 Å². The summed E-state index contributed by atoms with van der Waals surface area (Å²) in [6.07, 6.45) is 2.25. The molecule has 1 nitrogen and oxygen atoms in total. The zero-order valence-electron chi connectivity index (χ0n) is 14.9. The largest absolute Gasteiger partial charge is 0.494 e. The van der Waals surface area contributed by atoms with E-state index in [2.05, 4.69) is 92.7 Å². The molecule has 0 unspecified atom stereocenters. The first-order valence-corrected chi connectivity index (χ1v) is 10.1. The Hall–Kier alpha value is -2.19. The predicted octanol–water partition coefficient (Wildman–Crippen LogP) is 6.27. The molecule has 0 saturated heterocycles. The monoisotopic (exact) mass is 349 g/mol. The van der Waals surface area contributed by atoms with Crippen molar-refractivity contribution < 1.29 is 4.74 Å². The van der Waals surface area contributed by atoms with Crippen LogP contribution in [-0.2, 0) is 10.9 Å². The van der Waals surface area contributed by atoms with E-state index in [9.17, 15) is 0 Å². The van der Waals surface area contributed by atoms with Gasteiger partial charge < -0.3 is 4.74 Å². The Bertz CT molecular complexity index is 744. The number of benzene rings is 3. The van der Waals surface area contributed by atoms with Gasteiger partial charge in [-0.25, -0.2) is 0 Å². The number of aryl methyl sites for hydroxylation is 1. The maximum Gasteiger partial charge on any atom is 0.169 e. The molecular formula is C23H25OS+. The fourth-order valence-electron chi connectivity index (χ4n) is 2.78. The van der Waals surface area contributed by atoms with Gasteiger partial charge in [0, 0.05) is 5.56 Å². The van der Waals surface area contributed by atoms with Crippen LogP contribution in [0.1, 0.15) is 25.3 Å². The third-order valence-corrected chi connectivity index (χ3v) is 6.48. The van der Waals surface area contributed by atoms with E-state index in [4.69, 9.17) is 4.74 Å². The highest BCUT2D eigenvalue weighted by atomic mass is 32.2. The van der Waals surface area contributed by atoms with Gasteiger partial charge in [-0.15, -0.1) is 0 Å². The van der Waals surface area contributed by atoms with Crippen LogP contribution in [0.25, 0.3) is 0 Å². The number of ether oxygens (including phenoxy) is 1. The van der Waals surface area contributed by atoms with E-state index in [1.807, 2.05) is 0 Å². The van der Waals surface area contributed by atoms with E-state index >= 15 is 0 Å². The molecule has 0 bridgehead atoms. The molecule has 25 heavy (non-hydrogen) atoms. The Kier molecular flexibility index (Phi) is 6.19. The SMILES string of the molecule is CCCCOc1ccc([S+](c2ccccc2)c2ccccc2)c(C)c1. The van der Waals surface area contributed by atoms with Gasteiger partial charge in [0.25, 0.3) is 0 Å². The predicted molar refractivity (Wildman–Crippen MR) is 107 cm³/mol. The van der Waals surface area contributed by atoms with Gasteiger partial charge in [0.05, 0.1) is 17.5 Å². The van der Waals surface area contributed by atoms with E-state index in [-0.39, 0.29) is 10.9 Å². The Labute approximate surface area is 154 Å². The third kappa shape index (κ3) is 4.46. The van der Waals surface area contributed by atoms with Gasteiger partial charge in [0.1, 0.15) is 5.75 Å². The minimum absolute atomic E-state index is 0.0974. The molecule has 0 heterocycles. The molecule has 0 aromatic heterocycles. The summed E-state index contributed by atoms with van der Waals surface area (Å²) < 4.78 is 5.88. The summed E-state index contributed by atoms with van der Waals surface area (Å²) in [6, 6.07) is 28.1. The highest BCUT2D eigenvalue weighted by Gasteiger charge is 2.30. The highest BCUT2D eigenvalue weighted by Crippen LogP contribution is 2.34. The number of hydrogen-bond acceptors (Lipinski definition) is 1. The molecular weight excluding hydrogens is 324 g/mol. The quantitative estimate of drug-likeness (QED) is 0.361. The van der Waals surface area contributed by atoms with E-state index in [0.29, 0.717) is 0 Å². The number of rotatable bonds is 7. The fraction of sp³-hybridized carbons (Fsp3) is 0.217. The summed E-state index contributed by atoms with van der Waals surface area (Å²) in [6.45, 7) is 5.16. The van der Waals surface area contributed by atoms with Gasteiger partial charge in [-0.05, 0) is 55.8 Å². The summed E-state index contributed by atoms with van der Waals surface area (Å²) in [4.78, 5) is 4.05. The zero-order chi connectivity index (χ0) is 17.5. The molecule has 0 radical (unpaired) electrons. The van der Waals surface area contributed by atoms with Crippen LogP contribution >= 0.6 is 0 Å². The van der Waals surface area contributed by atoms with Gasteiger partial charge in [-0.3, -0.25) is 0 Å². The van der Waals surface area contributed by atoms with Crippen molar-refractivity contribution in [2.75, 3.05) is 6.61 Å². The average Bonchev–Trinajstić information content (AvgIpc) is 2.66. The van der Waals surface area contributed by atoms with Crippen LogP contribution in [-0.4, -0.2) is 6.61 Å². The number of hydrogen-bond donors (Lipinski definition) is 0. The van der Waals surface area contributed by atoms with Crippen LogP contribution in [0.3, 0.4) is 0 Å². The molecule has 0 aliphatic heterocycles. The van der Waals surface area contributed by atoms with Crippen molar-refractivity contribution in [3.05, 3.63) is 84.4 Å². The fourth-order valence-corrected chi connectivity index (χ4v) is 5.00. The van der Waals surface area contributed by atoms with Crippen molar-refractivity contribution in [3.63, 3.8) is 0 Å². The Morgan fingerprint density at radius 3 is 1.92 bits per heavy atom. The molecule has 0 N–H and O–H groups in total. The van der Waals surface area contributed by atoms with Crippen molar-refractivity contribution >= 4 is 10.9 Å². The maximum absolute atomic E-state index is 5.88. The summed E-state index contributed by atoms with van der Waals surface area (Å²) in [5.41, 5.74) is 1.28. The molecule has 3 rings (SSSR count). The average molecular weight is 350 g/mol. The van der Waals surface area contributed by atoms with Crippen LogP contribution in [0.5, 0.6) is 5.75 Å². The van der Waals surface area contributed by atoms with Crippen molar-refractivity contribution in [1.29, 1.82) is 0 Å². The summed E-state index contributed by atoms with van der Waals surface area (Å²) in [5, 5.41) is 0. The van der Waals surface area contributed by atoms with E-state index in [1.165, 1.54) is 20.2 Å². The van der Waals surface area contributed by atoms with Gasteiger partial charge in [-0.2, -0.15) is 0 Å². The minimum atomic E-state index is -0.0974. The smallest absolute Gasteiger partial charge is 0.169 e. The van der Waals surface area contributed by atoms with Gasteiger partial charge in [0.2, 0.25) is 0 Å². The number of unbranched alkanes of at least 4 members (excludes halogenated alkanes) is 1. The molecule has 0 amide bonds. The Morgan fingerprint density at radius 2 is 1.40 bits per heavy atom. The lowest BCUT2D eigenvalue weighted by molar-refractivity contribution is 0.309. The lowest BCUT2D eigenvalue weighted by atomic mass is 10.2. The molecule has 128 valence electrons. The third-order valence-electron chi connectivity index (χ3n) is 4.09. The first-order chi connectivity index (χ1) is 12.3. The second-order valence-corrected chi connectivity index (χ2v) is 8.06. The van der Waals surface area contributed by atoms with Crippen molar-refractivity contribution in [3.8, 4) is 5.75 Å². The van der Waals surface area contributed by atoms with Crippen molar-refractivity contribution in [1.82, 2.24) is 0 Å². The second-order valence-electron chi connectivity index (χ2n) is 6.06. The molecule has 2 heteroatoms. The molecule has 0 spiro atoms. The van der Waals surface area contributed by atoms with E-state index < -0.39 is 0 Å². The second kappa shape index (κ2) is 8.77. The standard InChI is InChI=1S/C23H25OS/c1-3-4-17-24-20-15-16-23(19(2)18-20)25(21-11-7-5-8-12-21)22-13-9-6-10-14-22/h5-16,18H,3-4,17H2,1-2H3/q+1. The first kappa shape index (κ1) is 17.6. The lowest BCUT2D eigenvalue weighted by Gasteiger charge is -2.12. The first-order valence-electron chi connectivity index (χ1n) is 8.87. The molecule has 0 fully saturated rings. The van der Waals surface area contributed by atoms with Crippen LogP contribution in [0, 0.1) is 6.92 Å². The van der Waals surface area contributed by atoms with Crippen molar-refractivity contribution in [2.45, 2.75) is 41.4 Å². The zero-order valence-corrected chi connectivity index (χ0v) is 15.8. The molecule has 0 atom stereocenters. The maximum atomic E-state index is 5.88. The summed E-state index contributed by atoms with van der Waals surface area (Å²) in [7, 11) is -0.0974. The van der Waals surface area contributed by atoms with Crippen LogP contribution in [0.15, 0.2) is 93.5 Å². The van der Waals surface area contributed by atoms with Gasteiger partial charge in [-0.1, -0.05) is 49.7 Å². The summed E-state index contributed by atoms with van der Waals surface area (Å²) >= 11 is 0. The topological polar surface area (TPSA) is 9.23 Å². The molecule has 0 aliphatic rings. The van der Waals surface area contributed by atoms with Gasteiger partial charge in [0.15, 0.2) is 14.7 Å². The van der Waals surface area contributed by atoms with Crippen LogP contribution in [0.2, 0.25) is 0 Å². The Morgan fingerprint density at radius 1 is 0.800 bits per heavy atom. The van der Waals surface area contributed by atoms with Crippen LogP contribution < -0.4 is 4.74 Å².